The summed E-state index contributed by atoms with van der Waals surface area (Å²) in [6, 6.07) is 1.69. The van der Waals surface area contributed by atoms with E-state index in [9.17, 15) is 0 Å². The molecule has 0 bridgehead atoms. The number of nitrogens with one attached hydrogen (secondary N) is 1. The standard InChI is InChI=1S/C11H19N5O/c1-2-8-7(3-4-17-8)6-14-10-5-9(12)15-11(13)16-10/h5,7-8H,2-4,6H2,1H3,(H5,12,13,14,15,16). The van der Waals surface area contributed by atoms with Crippen molar-refractivity contribution >= 4 is 17.6 Å². The second kappa shape index (κ2) is 5.18. The van der Waals surface area contributed by atoms with Gasteiger partial charge in [-0.3, -0.25) is 0 Å². The van der Waals surface area contributed by atoms with Crippen molar-refractivity contribution in [3.63, 3.8) is 0 Å². The highest BCUT2D eigenvalue weighted by Gasteiger charge is 2.26. The predicted molar refractivity (Wildman–Crippen MR) is 67.5 cm³/mol. The fourth-order valence-electron chi connectivity index (χ4n) is 2.19. The molecule has 1 aromatic heterocycles. The van der Waals surface area contributed by atoms with E-state index in [-0.39, 0.29) is 5.95 Å². The molecular formula is C11H19N5O. The van der Waals surface area contributed by atoms with Gasteiger partial charge in [-0.2, -0.15) is 9.97 Å². The maximum atomic E-state index is 5.63. The second-order valence-electron chi connectivity index (χ2n) is 4.28. The Morgan fingerprint density at radius 2 is 2.29 bits per heavy atom. The summed E-state index contributed by atoms with van der Waals surface area (Å²) in [5.41, 5.74) is 11.1. The number of hydrogen-bond donors (Lipinski definition) is 3. The molecular weight excluding hydrogens is 218 g/mol. The fourth-order valence-corrected chi connectivity index (χ4v) is 2.19. The summed E-state index contributed by atoms with van der Waals surface area (Å²) in [4.78, 5) is 7.91. The van der Waals surface area contributed by atoms with Gasteiger partial charge in [-0.05, 0) is 12.8 Å². The highest BCUT2D eigenvalue weighted by molar-refractivity contribution is 5.48. The molecule has 0 saturated carbocycles. The number of hydrogen-bond acceptors (Lipinski definition) is 6. The van der Waals surface area contributed by atoms with Crippen molar-refractivity contribution in [3.8, 4) is 0 Å². The minimum absolute atomic E-state index is 0.196. The van der Waals surface area contributed by atoms with Gasteiger partial charge in [-0.15, -0.1) is 0 Å². The average molecular weight is 237 g/mol. The van der Waals surface area contributed by atoms with Gasteiger partial charge in [0, 0.05) is 25.1 Å². The molecule has 0 amide bonds. The topological polar surface area (TPSA) is 99.1 Å². The van der Waals surface area contributed by atoms with Gasteiger partial charge in [0.2, 0.25) is 5.95 Å². The summed E-state index contributed by atoms with van der Waals surface area (Å²) >= 11 is 0. The number of nitrogens with two attached hydrogens (primary N) is 2. The van der Waals surface area contributed by atoms with Crippen LogP contribution in [0.4, 0.5) is 17.6 Å². The number of anilines is 3. The van der Waals surface area contributed by atoms with Gasteiger partial charge in [0.05, 0.1) is 6.10 Å². The first-order chi connectivity index (χ1) is 8.19. The van der Waals surface area contributed by atoms with Crippen LogP contribution in [0, 0.1) is 5.92 Å². The van der Waals surface area contributed by atoms with Crippen LogP contribution in [-0.2, 0) is 4.74 Å². The highest BCUT2D eigenvalue weighted by Crippen LogP contribution is 2.23. The molecule has 6 heteroatoms. The van der Waals surface area contributed by atoms with Crippen molar-refractivity contribution in [2.75, 3.05) is 29.9 Å². The Morgan fingerprint density at radius 1 is 1.47 bits per heavy atom. The fraction of sp³-hybridized carbons (Fsp3) is 0.636. The summed E-state index contributed by atoms with van der Waals surface area (Å²) in [6.07, 6.45) is 2.47. The maximum absolute atomic E-state index is 5.63. The molecule has 2 atom stereocenters. The van der Waals surface area contributed by atoms with Gasteiger partial charge in [-0.1, -0.05) is 6.92 Å². The summed E-state index contributed by atoms with van der Waals surface area (Å²) in [5.74, 6) is 1.78. The maximum Gasteiger partial charge on any atom is 0.223 e. The molecule has 6 nitrogen and oxygen atoms in total. The smallest absolute Gasteiger partial charge is 0.223 e. The van der Waals surface area contributed by atoms with Crippen LogP contribution in [0.1, 0.15) is 19.8 Å². The molecule has 1 aliphatic heterocycles. The molecule has 2 heterocycles. The molecule has 1 aromatic rings. The average Bonchev–Trinajstić information content (AvgIpc) is 2.72. The van der Waals surface area contributed by atoms with Crippen molar-refractivity contribution in [2.45, 2.75) is 25.9 Å². The van der Waals surface area contributed by atoms with Gasteiger partial charge >= 0.3 is 0 Å². The van der Waals surface area contributed by atoms with E-state index in [1.807, 2.05) is 0 Å². The lowest BCUT2D eigenvalue weighted by Gasteiger charge is -2.17. The molecule has 0 spiro atoms. The van der Waals surface area contributed by atoms with Crippen LogP contribution in [0.2, 0.25) is 0 Å². The predicted octanol–water partition coefficient (Wildman–Crippen LogP) is 0.868. The first kappa shape index (κ1) is 11.9. The van der Waals surface area contributed by atoms with Crippen LogP contribution in [0.15, 0.2) is 6.07 Å². The van der Waals surface area contributed by atoms with Crippen molar-refractivity contribution < 1.29 is 4.74 Å². The lowest BCUT2D eigenvalue weighted by atomic mass is 10.00. The van der Waals surface area contributed by atoms with Gasteiger partial charge in [0.25, 0.3) is 0 Å². The third-order valence-electron chi connectivity index (χ3n) is 3.06. The van der Waals surface area contributed by atoms with E-state index in [1.54, 1.807) is 6.07 Å². The monoisotopic (exact) mass is 237 g/mol. The molecule has 0 aliphatic carbocycles. The van der Waals surface area contributed by atoms with Gasteiger partial charge in [0.15, 0.2) is 0 Å². The van der Waals surface area contributed by atoms with Gasteiger partial charge < -0.3 is 21.5 Å². The minimum Gasteiger partial charge on any atom is -0.383 e. The molecule has 1 fully saturated rings. The molecule has 1 aliphatic rings. The van der Waals surface area contributed by atoms with E-state index >= 15 is 0 Å². The Balaban J connectivity index is 1.93. The Labute approximate surface area is 101 Å². The number of aromatic nitrogens is 2. The zero-order chi connectivity index (χ0) is 12.3. The van der Waals surface area contributed by atoms with Gasteiger partial charge in [0.1, 0.15) is 11.6 Å². The van der Waals surface area contributed by atoms with Crippen molar-refractivity contribution in [2.24, 2.45) is 5.92 Å². The minimum atomic E-state index is 0.196. The van der Waals surface area contributed by atoms with Crippen LogP contribution >= 0.6 is 0 Å². The molecule has 0 aromatic carbocycles. The Bertz CT molecular complexity index is 364. The van der Waals surface area contributed by atoms with Gasteiger partial charge in [-0.25, -0.2) is 0 Å². The zero-order valence-corrected chi connectivity index (χ0v) is 10.0. The first-order valence-electron chi connectivity index (χ1n) is 5.94. The van der Waals surface area contributed by atoms with Crippen molar-refractivity contribution in [1.29, 1.82) is 0 Å². The SMILES string of the molecule is CCC1OCCC1CNc1cc(N)nc(N)n1. The number of nitrogen functional groups attached to an aromatic ring is 2. The second-order valence-corrected chi connectivity index (χ2v) is 4.28. The molecule has 17 heavy (non-hydrogen) atoms. The van der Waals surface area contributed by atoms with E-state index in [0.29, 0.717) is 23.7 Å². The largest absolute Gasteiger partial charge is 0.383 e. The molecule has 5 N–H and O–H groups in total. The molecule has 94 valence electrons. The van der Waals surface area contributed by atoms with E-state index in [0.717, 1.165) is 26.0 Å². The molecule has 0 radical (unpaired) electrons. The van der Waals surface area contributed by atoms with E-state index in [2.05, 4.69) is 22.2 Å². The van der Waals surface area contributed by atoms with Crippen molar-refractivity contribution in [3.05, 3.63) is 6.07 Å². The lowest BCUT2D eigenvalue weighted by molar-refractivity contribution is 0.0900. The zero-order valence-electron chi connectivity index (χ0n) is 10.0. The van der Waals surface area contributed by atoms with Crippen LogP contribution in [0.5, 0.6) is 0 Å². The Hall–Kier alpha value is -1.56. The summed E-state index contributed by atoms with van der Waals surface area (Å²) in [6.45, 7) is 3.82. The number of ether oxygens (including phenoxy) is 1. The van der Waals surface area contributed by atoms with Crippen LogP contribution in [0.25, 0.3) is 0 Å². The third kappa shape index (κ3) is 2.97. The Morgan fingerprint density at radius 3 is 3.00 bits per heavy atom. The third-order valence-corrected chi connectivity index (χ3v) is 3.06. The quantitative estimate of drug-likeness (QED) is 0.718. The summed E-state index contributed by atoms with van der Waals surface area (Å²) < 4.78 is 5.63. The summed E-state index contributed by atoms with van der Waals surface area (Å²) in [5, 5.41) is 3.24. The molecule has 2 unspecified atom stereocenters. The lowest BCUT2D eigenvalue weighted by Crippen LogP contribution is -2.23. The van der Waals surface area contributed by atoms with Crippen LogP contribution in [-0.4, -0.2) is 29.2 Å². The van der Waals surface area contributed by atoms with E-state index < -0.39 is 0 Å². The highest BCUT2D eigenvalue weighted by atomic mass is 16.5. The summed E-state index contributed by atoms with van der Waals surface area (Å²) in [7, 11) is 0. The number of nitrogens with zero attached hydrogens (tertiary/aromatic N) is 2. The molecule has 1 saturated heterocycles. The normalized spacial score (nSPS) is 23.8. The van der Waals surface area contributed by atoms with Crippen LogP contribution in [0.3, 0.4) is 0 Å². The van der Waals surface area contributed by atoms with E-state index in [1.165, 1.54) is 0 Å². The molecule has 2 rings (SSSR count). The number of rotatable bonds is 4. The van der Waals surface area contributed by atoms with Crippen molar-refractivity contribution in [1.82, 2.24) is 9.97 Å². The van der Waals surface area contributed by atoms with E-state index in [4.69, 9.17) is 16.2 Å². The van der Waals surface area contributed by atoms with Crippen LogP contribution < -0.4 is 16.8 Å². The Kier molecular flexibility index (Phi) is 3.63. The first-order valence-corrected chi connectivity index (χ1v) is 5.94.